The van der Waals surface area contributed by atoms with E-state index in [-0.39, 0.29) is 0 Å². The van der Waals surface area contributed by atoms with Crippen molar-refractivity contribution in [2.75, 3.05) is 13.6 Å². The Labute approximate surface area is 127 Å². The summed E-state index contributed by atoms with van der Waals surface area (Å²) in [5.41, 5.74) is 2.43. The predicted octanol–water partition coefficient (Wildman–Crippen LogP) is 4.35. The quantitative estimate of drug-likeness (QED) is 0.709. The average Bonchev–Trinajstić information content (AvgIpc) is 2.90. The Hall–Kier alpha value is -1.36. The zero-order valence-electron chi connectivity index (χ0n) is 11.2. The molecule has 0 radical (unpaired) electrons. The number of hydrogen-bond donors (Lipinski definition) is 1. The van der Waals surface area contributed by atoms with Crippen molar-refractivity contribution in [2.45, 2.75) is 9.59 Å². The van der Waals surface area contributed by atoms with E-state index in [1.807, 2.05) is 24.9 Å². The smallest absolute Gasteiger partial charge is 0.151 e. The molecule has 102 valence electrons. The molecule has 0 amide bonds. The van der Waals surface area contributed by atoms with Crippen molar-refractivity contribution in [1.29, 1.82) is 0 Å². The minimum Gasteiger partial charge on any atom is -0.318 e. The van der Waals surface area contributed by atoms with Gasteiger partial charge in [-0.25, -0.2) is 4.98 Å². The second kappa shape index (κ2) is 6.39. The molecule has 0 aliphatic heterocycles. The first-order valence-corrected chi connectivity index (χ1v) is 8.28. The summed E-state index contributed by atoms with van der Waals surface area (Å²) in [5, 5.41) is 3.67. The molecule has 1 N–H and O–H groups in total. The fraction of sp³-hybridized carbons (Fsp3) is 0.188. The maximum Gasteiger partial charge on any atom is 0.151 e. The lowest BCUT2D eigenvalue weighted by Gasteiger charge is -2.14. The Bertz CT molecular complexity index is 646. The Balaban J connectivity index is 1.86. The van der Waals surface area contributed by atoms with Gasteiger partial charge in [0.25, 0.3) is 0 Å². The van der Waals surface area contributed by atoms with Crippen molar-refractivity contribution in [3.8, 4) is 0 Å². The zero-order valence-corrected chi connectivity index (χ0v) is 12.9. The molecular formula is C16H16N2S2. The molecular weight excluding hydrogens is 284 g/mol. The largest absolute Gasteiger partial charge is 0.318 e. The fourth-order valence-corrected chi connectivity index (χ4v) is 4.55. The van der Waals surface area contributed by atoms with Crippen LogP contribution in [-0.2, 0) is 0 Å². The molecule has 0 fully saturated rings. The van der Waals surface area contributed by atoms with E-state index in [2.05, 4.69) is 53.8 Å². The third kappa shape index (κ3) is 3.03. The van der Waals surface area contributed by atoms with Gasteiger partial charge in [-0.1, -0.05) is 54.2 Å². The van der Waals surface area contributed by atoms with Gasteiger partial charge < -0.3 is 5.32 Å². The molecule has 1 atom stereocenters. The topological polar surface area (TPSA) is 24.9 Å². The summed E-state index contributed by atoms with van der Waals surface area (Å²) in [6.45, 7) is 0.935. The molecule has 1 heterocycles. The van der Waals surface area contributed by atoms with Crippen LogP contribution in [-0.4, -0.2) is 18.6 Å². The molecule has 4 heteroatoms. The third-order valence-corrected chi connectivity index (χ3v) is 5.46. The minimum atomic E-state index is 0.391. The molecule has 0 saturated carbocycles. The van der Waals surface area contributed by atoms with E-state index in [4.69, 9.17) is 4.98 Å². The van der Waals surface area contributed by atoms with Crippen LogP contribution >= 0.6 is 23.1 Å². The van der Waals surface area contributed by atoms with E-state index in [1.165, 1.54) is 10.3 Å². The number of rotatable bonds is 5. The summed E-state index contributed by atoms with van der Waals surface area (Å²) >= 11 is 3.61. The molecule has 3 aromatic rings. The van der Waals surface area contributed by atoms with E-state index in [1.54, 1.807) is 11.3 Å². The van der Waals surface area contributed by atoms with Gasteiger partial charge in [0.15, 0.2) is 4.34 Å². The van der Waals surface area contributed by atoms with E-state index in [0.717, 1.165) is 16.4 Å². The number of likely N-dealkylation sites (N-methyl/N-ethyl adjacent to an activating group) is 1. The van der Waals surface area contributed by atoms with Crippen LogP contribution in [0.1, 0.15) is 10.8 Å². The lowest BCUT2D eigenvalue weighted by Crippen LogP contribution is -2.14. The standard InChI is InChI=1S/C16H16N2S2/c1-17-11-15(12-7-3-2-4-8-12)20-16-18-13-9-5-6-10-14(13)19-16/h2-10,15,17H,11H2,1H3. The number of nitrogens with zero attached hydrogens (tertiary/aromatic N) is 1. The molecule has 1 unspecified atom stereocenters. The van der Waals surface area contributed by atoms with Crippen LogP contribution in [0.5, 0.6) is 0 Å². The summed E-state index contributed by atoms with van der Waals surface area (Å²) in [4.78, 5) is 4.71. The van der Waals surface area contributed by atoms with Crippen LogP contribution in [0.2, 0.25) is 0 Å². The predicted molar refractivity (Wildman–Crippen MR) is 88.6 cm³/mol. The maximum absolute atomic E-state index is 4.71. The molecule has 1 aromatic heterocycles. The summed E-state index contributed by atoms with van der Waals surface area (Å²) in [7, 11) is 1.99. The Morgan fingerprint density at radius 2 is 1.85 bits per heavy atom. The summed E-state index contributed by atoms with van der Waals surface area (Å²) in [5.74, 6) is 0. The highest BCUT2D eigenvalue weighted by Crippen LogP contribution is 2.38. The Kier molecular flexibility index (Phi) is 4.35. The molecule has 0 saturated heterocycles. The van der Waals surface area contributed by atoms with Gasteiger partial charge in [0.05, 0.1) is 10.2 Å². The molecule has 0 aliphatic rings. The summed E-state index contributed by atoms with van der Waals surface area (Å²) in [6, 6.07) is 18.9. The first-order chi connectivity index (χ1) is 9.86. The van der Waals surface area contributed by atoms with Gasteiger partial charge in [0, 0.05) is 11.8 Å². The second-order valence-corrected chi connectivity index (χ2v) is 7.00. The van der Waals surface area contributed by atoms with Crippen LogP contribution in [0.3, 0.4) is 0 Å². The van der Waals surface area contributed by atoms with Crippen molar-refractivity contribution in [2.24, 2.45) is 0 Å². The highest BCUT2D eigenvalue weighted by Gasteiger charge is 2.14. The Morgan fingerprint density at radius 3 is 2.60 bits per heavy atom. The first kappa shape index (κ1) is 13.6. The number of benzene rings is 2. The number of hydrogen-bond acceptors (Lipinski definition) is 4. The second-order valence-electron chi connectivity index (χ2n) is 4.52. The molecule has 0 spiro atoms. The Morgan fingerprint density at radius 1 is 1.10 bits per heavy atom. The zero-order chi connectivity index (χ0) is 13.8. The van der Waals surface area contributed by atoms with Gasteiger partial charge in [0.2, 0.25) is 0 Å². The first-order valence-electron chi connectivity index (χ1n) is 6.58. The molecule has 2 nitrogen and oxygen atoms in total. The number of para-hydroxylation sites is 1. The van der Waals surface area contributed by atoms with Gasteiger partial charge in [-0.05, 0) is 24.7 Å². The number of thioether (sulfide) groups is 1. The van der Waals surface area contributed by atoms with Crippen molar-refractivity contribution < 1.29 is 0 Å². The van der Waals surface area contributed by atoms with Gasteiger partial charge in [0.1, 0.15) is 0 Å². The van der Waals surface area contributed by atoms with Crippen LogP contribution in [0.15, 0.2) is 58.9 Å². The van der Waals surface area contributed by atoms with Crippen LogP contribution in [0.4, 0.5) is 0 Å². The van der Waals surface area contributed by atoms with Gasteiger partial charge in [-0.15, -0.1) is 11.3 Å². The lowest BCUT2D eigenvalue weighted by atomic mass is 10.1. The summed E-state index contributed by atoms with van der Waals surface area (Å²) in [6.07, 6.45) is 0. The van der Waals surface area contributed by atoms with Crippen LogP contribution in [0, 0.1) is 0 Å². The van der Waals surface area contributed by atoms with E-state index < -0.39 is 0 Å². The normalized spacial score (nSPS) is 12.7. The average molecular weight is 300 g/mol. The van der Waals surface area contributed by atoms with E-state index >= 15 is 0 Å². The SMILES string of the molecule is CNCC(Sc1nc2ccccc2s1)c1ccccc1. The summed E-state index contributed by atoms with van der Waals surface area (Å²) < 4.78 is 2.39. The minimum absolute atomic E-state index is 0.391. The molecule has 0 bridgehead atoms. The highest BCUT2D eigenvalue weighted by molar-refractivity contribution is 8.01. The molecule has 20 heavy (non-hydrogen) atoms. The van der Waals surface area contributed by atoms with Crippen molar-refractivity contribution in [1.82, 2.24) is 10.3 Å². The van der Waals surface area contributed by atoms with Crippen molar-refractivity contribution >= 4 is 33.3 Å². The van der Waals surface area contributed by atoms with Gasteiger partial charge >= 0.3 is 0 Å². The number of nitrogens with one attached hydrogen (secondary N) is 1. The van der Waals surface area contributed by atoms with E-state index in [0.29, 0.717) is 5.25 Å². The van der Waals surface area contributed by atoms with Crippen molar-refractivity contribution in [3.05, 3.63) is 60.2 Å². The molecule has 3 rings (SSSR count). The third-order valence-electron chi connectivity index (χ3n) is 3.08. The van der Waals surface area contributed by atoms with Gasteiger partial charge in [-0.2, -0.15) is 0 Å². The van der Waals surface area contributed by atoms with Crippen molar-refractivity contribution in [3.63, 3.8) is 0 Å². The fourth-order valence-electron chi connectivity index (χ4n) is 2.10. The number of aromatic nitrogens is 1. The monoisotopic (exact) mass is 300 g/mol. The highest BCUT2D eigenvalue weighted by atomic mass is 32.2. The molecule has 2 aromatic carbocycles. The molecule has 0 aliphatic carbocycles. The van der Waals surface area contributed by atoms with Crippen LogP contribution < -0.4 is 5.32 Å². The number of thiazole rings is 1. The maximum atomic E-state index is 4.71. The van der Waals surface area contributed by atoms with Gasteiger partial charge in [-0.3, -0.25) is 0 Å². The lowest BCUT2D eigenvalue weighted by molar-refractivity contribution is 0.777. The van der Waals surface area contributed by atoms with Crippen LogP contribution in [0.25, 0.3) is 10.2 Å². The number of fused-ring (bicyclic) bond motifs is 1. The van der Waals surface area contributed by atoms with E-state index in [9.17, 15) is 0 Å².